The van der Waals surface area contributed by atoms with Gasteiger partial charge in [-0.3, -0.25) is 9.48 Å². The highest BCUT2D eigenvalue weighted by atomic mass is 16.2. The van der Waals surface area contributed by atoms with Gasteiger partial charge in [0, 0.05) is 19.2 Å². The Labute approximate surface area is 131 Å². The van der Waals surface area contributed by atoms with Crippen LogP contribution < -0.4 is 10.6 Å². The summed E-state index contributed by atoms with van der Waals surface area (Å²) >= 11 is 0. The van der Waals surface area contributed by atoms with Gasteiger partial charge in [0.15, 0.2) is 0 Å². The fourth-order valence-electron chi connectivity index (χ4n) is 2.51. The van der Waals surface area contributed by atoms with E-state index in [1.807, 2.05) is 26.1 Å². The minimum absolute atomic E-state index is 0.0693. The lowest BCUT2D eigenvalue weighted by molar-refractivity contribution is -0.115. The number of amides is 1. The summed E-state index contributed by atoms with van der Waals surface area (Å²) in [6, 6.07) is 8.23. The molecule has 0 aliphatic rings. The van der Waals surface area contributed by atoms with Crippen molar-refractivity contribution in [3.63, 3.8) is 0 Å². The molecule has 0 aliphatic heterocycles. The molecule has 118 valence electrons. The molecule has 1 amide bonds. The van der Waals surface area contributed by atoms with Gasteiger partial charge in [-0.25, -0.2) is 0 Å². The Kier molecular flexibility index (Phi) is 4.98. The zero-order chi connectivity index (χ0) is 16.3. The Balaban J connectivity index is 1.93. The third kappa shape index (κ3) is 3.74. The number of carbonyl (C=O) groups excluding carboxylic acids is 1. The molecule has 2 rings (SSSR count). The fraction of sp³-hybridized carbons (Fsp3) is 0.412. The van der Waals surface area contributed by atoms with Crippen LogP contribution in [0.5, 0.6) is 0 Å². The molecule has 1 heterocycles. The zero-order valence-corrected chi connectivity index (χ0v) is 13.9. The normalized spacial score (nSPS) is 12.2. The van der Waals surface area contributed by atoms with Gasteiger partial charge in [0.05, 0.1) is 12.2 Å². The van der Waals surface area contributed by atoms with Crippen LogP contribution in [0.15, 0.2) is 24.3 Å². The molecule has 5 heteroatoms. The third-order valence-corrected chi connectivity index (χ3v) is 3.95. The summed E-state index contributed by atoms with van der Waals surface area (Å²) in [5.74, 6) is 0.642. The first kappa shape index (κ1) is 16.2. The average molecular weight is 300 g/mol. The number of aryl methyl sites for hydroxylation is 3. The number of benzene rings is 1. The molecule has 1 aromatic carbocycles. The van der Waals surface area contributed by atoms with Gasteiger partial charge in [0.25, 0.3) is 0 Å². The Bertz CT molecular complexity index is 675. The summed E-state index contributed by atoms with van der Waals surface area (Å²) in [6.45, 7) is 8.45. The molecule has 2 N–H and O–H groups in total. The van der Waals surface area contributed by atoms with E-state index in [-0.39, 0.29) is 18.5 Å². The van der Waals surface area contributed by atoms with Crippen LogP contribution in [0.25, 0.3) is 0 Å². The molecule has 1 atom stereocenters. The Morgan fingerprint density at radius 2 is 2.05 bits per heavy atom. The van der Waals surface area contributed by atoms with Crippen LogP contribution in [0.1, 0.15) is 35.3 Å². The SMILES string of the molecule is Cc1cc(NC(=O)CN[C@H](C)c2cccc(C)c2C)n(C)n1. The molecule has 2 aromatic rings. The Morgan fingerprint density at radius 1 is 1.32 bits per heavy atom. The number of rotatable bonds is 5. The van der Waals surface area contributed by atoms with Gasteiger partial charge in [-0.15, -0.1) is 0 Å². The minimum atomic E-state index is -0.0693. The first-order valence-corrected chi connectivity index (χ1v) is 7.48. The summed E-state index contributed by atoms with van der Waals surface area (Å²) in [4.78, 5) is 12.0. The molecule has 5 nitrogen and oxygen atoms in total. The first-order chi connectivity index (χ1) is 10.4. The summed E-state index contributed by atoms with van der Waals surface area (Å²) in [5.41, 5.74) is 4.64. The molecule has 0 aliphatic carbocycles. The third-order valence-electron chi connectivity index (χ3n) is 3.95. The smallest absolute Gasteiger partial charge is 0.239 e. The van der Waals surface area contributed by atoms with Crippen LogP contribution >= 0.6 is 0 Å². The quantitative estimate of drug-likeness (QED) is 0.892. The van der Waals surface area contributed by atoms with Crippen molar-refractivity contribution < 1.29 is 4.79 Å². The first-order valence-electron chi connectivity index (χ1n) is 7.48. The van der Waals surface area contributed by atoms with Crippen LogP contribution in [0, 0.1) is 20.8 Å². The van der Waals surface area contributed by atoms with Gasteiger partial charge in [0.1, 0.15) is 5.82 Å². The van der Waals surface area contributed by atoms with Crippen LogP contribution in [0.2, 0.25) is 0 Å². The number of aromatic nitrogens is 2. The predicted octanol–water partition coefficient (Wildman–Crippen LogP) is 2.63. The maximum Gasteiger partial charge on any atom is 0.239 e. The second-order valence-electron chi connectivity index (χ2n) is 5.73. The van der Waals surface area contributed by atoms with Gasteiger partial charge in [0.2, 0.25) is 5.91 Å². The Morgan fingerprint density at radius 3 is 2.68 bits per heavy atom. The zero-order valence-electron chi connectivity index (χ0n) is 13.9. The molecule has 1 aromatic heterocycles. The molecule has 0 fully saturated rings. The van der Waals surface area contributed by atoms with E-state index in [1.54, 1.807) is 4.68 Å². The van der Waals surface area contributed by atoms with Crippen molar-refractivity contribution in [1.29, 1.82) is 0 Å². The topological polar surface area (TPSA) is 59.0 Å². The molecule has 0 saturated carbocycles. The van der Waals surface area contributed by atoms with Gasteiger partial charge in [-0.2, -0.15) is 5.10 Å². The van der Waals surface area contributed by atoms with Crippen LogP contribution in [-0.2, 0) is 11.8 Å². The lowest BCUT2D eigenvalue weighted by atomic mass is 9.98. The van der Waals surface area contributed by atoms with Crippen molar-refractivity contribution in [2.24, 2.45) is 7.05 Å². The van der Waals surface area contributed by atoms with Crippen molar-refractivity contribution in [3.8, 4) is 0 Å². The van der Waals surface area contributed by atoms with Crippen molar-refractivity contribution in [3.05, 3.63) is 46.6 Å². The van der Waals surface area contributed by atoms with E-state index >= 15 is 0 Å². The summed E-state index contributed by atoms with van der Waals surface area (Å²) in [6.07, 6.45) is 0. The Hall–Kier alpha value is -2.14. The largest absolute Gasteiger partial charge is 0.310 e. The maximum absolute atomic E-state index is 12.0. The number of nitrogens with one attached hydrogen (secondary N) is 2. The number of hydrogen-bond acceptors (Lipinski definition) is 3. The standard InChI is InChI=1S/C17H24N4O/c1-11-7-6-8-15(13(11)3)14(4)18-10-17(22)19-16-9-12(2)20-21(16)5/h6-9,14,18H,10H2,1-5H3,(H,19,22)/t14-/m1/s1. The molecule has 0 saturated heterocycles. The van der Waals surface area contributed by atoms with E-state index in [4.69, 9.17) is 0 Å². The van der Waals surface area contributed by atoms with Crippen molar-refractivity contribution in [2.75, 3.05) is 11.9 Å². The van der Waals surface area contributed by atoms with E-state index in [9.17, 15) is 4.79 Å². The van der Waals surface area contributed by atoms with Crippen LogP contribution in [0.4, 0.5) is 5.82 Å². The monoisotopic (exact) mass is 300 g/mol. The van der Waals surface area contributed by atoms with Gasteiger partial charge >= 0.3 is 0 Å². The lowest BCUT2D eigenvalue weighted by Gasteiger charge is -2.17. The fourth-order valence-corrected chi connectivity index (χ4v) is 2.51. The summed E-state index contributed by atoms with van der Waals surface area (Å²) in [7, 11) is 1.81. The van der Waals surface area contributed by atoms with E-state index < -0.39 is 0 Å². The summed E-state index contributed by atoms with van der Waals surface area (Å²) in [5, 5.41) is 10.3. The van der Waals surface area contributed by atoms with E-state index in [2.05, 4.69) is 48.6 Å². The van der Waals surface area contributed by atoms with Crippen molar-refractivity contribution in [2.45, 2.75) is 33.7 Å². The minimum Gasteiger partial charge on any atom is -0.310 e. The van der Waals surface area contributed by atoms with E-state index in [1.165, 1.54) is 16.7 Å². The average Bonchev–Trinajstić information content (AvgIpc) is 2.77. The highest BCUT2D eigenvalue weighted by molar-refractivity contribution is 5.91. The second-order valence-corrected chi connectivity index (χ2v) is 5.73. The van der Waals surface area contributed by atoms with Crippen molar-refractivity contribution in [1.82, 2.24) is 15.1 Å². The molecule has 0 spiro atoms. The van der Waals surface area contributed by atoms with Gasteiger partial charge in [-0.05, 0) is 44.4 Å². The maximum atomic E-state index is 12.0. The molecule has 0 radical (unpaired) electrons. The van der Waals surface area contributed by atoms with Crippen LogP contribution in [-0.4, -0.2) is 22.2 Å². The van der Waals surface area contributed by atoms with Gasteiger partial charge < -0.3 is 10.6 Å². The number of nitrogens with zero attached hydrogens (tertiary/aromatic N) is 2. The second kappa shape index (κ2) is 6.75. The van der Waals surface area contributed by atoms with Crippen molar-refractivity contribution >= 4 is 11.7 Å². The number of carbonyl (C=O) groups is 1. The molecular formula is C17H24N4O. The number of hydrogen-bond donors (Lipinski definition) is 2. The highest BCUT2D eigenvalue weighted by Crippen LogP contribution is 2.19. The molecule has 0 bridgehead atoms. The molecular weight excluding hydrogens is 276 g/mol. The van der Waals surface area contributed by atoms with E-state index in [0.717, 1.165) is 5.69 Å². The molecule has 0 unspecified atom stereocenters. The summed E-state index contributed by atoms with van der Waals surface area (Å²) < 4.78 is 1.67. The number of anilines is 1. The van der Waals surface area contributed by atoms with Crippen LogP contribution in [0.3, 0.4) is 0 Å². The van der Waals surface area contributed by atoms with Gasteiger partial charge in [-0.1, -0.05) is 18.2 Å². The molecule has 22 heavy (non-hydrogen) atoms. The highest BCUT2D eigenvalue weighted by Gasteiger charge is 2.12. The predicted molar refractivity (Wildman–Crippen MR) is 88.9 cm³/mol. The van der Waals surface area contributed by atoms with E-state index in [0.29, 0.717) is 5.82 Å². The lowest BCUT2D eigenvalue weighted by Crippen LogP contribution is -2.31.